The maximum absolute atomic E-state index is 5.59. The molecule has 1 aromatic carbocycles. The summed E-state index contributed by atoms with van der Waals surface area (Å²) in [5.74, 6) is 1.73. The summed E-state index contributed by atoms with van der Waals surface area (Å²) in [5.41, 5.74) is 2.25. The molecule has 0 aliphatic rings. The van der Waals surface area contributed by atoms with Crippen molar-refractivity contribution in [2.24, 2.45) is 0 Å². The summed E-state index contributed by atoms with van der Waals surface area (Å²) in [6.45, 7) is 7.66. The van der Waals surface area contributed by atoms with Crippen LogP contribution >= 0.6 is 0 Å². The first-order valence-electron chi connectivity index (χ1n) is 7.43. The van der Waals surface area contributed by atoms with E-state index < -0.39 is 0 Å². The van der Waals surface area contributed by atoms with Crippen LogP contribution in [0, 0.1) is 6.92 Å². The third kappa shape index (κ3) is 4.83. The van der Waals surface area contributed by atoms with Gasteiger partial charge in [0.2, 0.25) is 0 Å². The fourth-order valence-corrected chi connectivity index (χ4v) is 2.05. The van der Waals surface area contributed by atoms with Crippen molar-refractivity contribution in [2.75, 3.05) is 6.61 Å². The van der Waals surface area contributed by atoms with Crippen LogP contribution in [0.3, 0.4) is 0 Å². The zero-order valence-corrected chi connectivity index (χ0v) is 13.0. The summed E-state index contributed by atoms with van der Waals surface area (Å²) in [5, 5.41) is 3.47. The predicted octanol–water partition coefficient (Wildman–Crippen LogP) is 3.42. The standard InChI is InChI=1S/C17H23N3O/c1-4-11-21-17-7-5-15(6-8-17)13(2)19-12-16-9-10-18-14(3)20-16/h5-10,13,19H,4,11-12H2,1-3H3. The third-order valence-corrected chi connectivity index (χ3v) is 3.28. The number of ether oxygens (including phenoxy) is 1. The lowest BCUT2D eigenvalue weighted by Gasteiger charge is -2.15. The Hall–Kier alpha value is -1.94. The van der Waals surface area contributed by atoms with Gasteiger partial charge in [0, 0.05) is 18.8 Å². The van der Waals surface area contributed by atoms with Gasteiger partial charge in [-0.1, -0.05) is 19.1 Å². The molecule has 2 aromatic rings. The summed E-state index contributed by atoms with van der Waals surface area (Å²) in [6.07, 6.45) is 2.82. The highest BCUT2D eigenvalue weighted by Crippen LogP contribution is 2.18. The Morgan fingerprint density at radius 3 is 2.62 bits per heavy atom. The normalized spacial score (nSPS) is 12.1. The number of benzene rings is 1. The average Bonchev–Trinajstić information content (AvgIpc) is 2.51. The van der Waals surface area contributed by atoms with Gasteiger partial charge in [-0.25, -0.2) is 9.97 Å². The second-order valence-corrected chi connectivity index (χ2v) is 5.12. The number of nitrogens with one attached hydrogen (secondary N) is 1. The fourth-order valence-electron chi connectivity index (χ4n) is 2.05. The zero-order chi connectivity index (χ0) is 15.1. The van der Waals surface area contributed by atoms with Gasteiger partial charge in [-0.2, -0.15) is 0 Å². The molecule has 1 heterocycles. The van der Waals surface area contributed by atoms with Crippen LogP contribution in [0.15, 0.2) is 36.5 Å². The van der Waals surface area contributed by atoms with E-state index in [1.807, 2.05) is 25.1 Å². The van der Waals surface area contributed by atoms with Gasteiger partial charge >= 0.3 is 0 Å². The summed E-state index contributed by atoms with van der Waals surface area (Å²) in [7, 11) is 0. The Morgan fingerprint density at radius 1 is 1.19 bits per heavy atom. The molecular formula is C17H23N3O. The van der Waals surface area contributed by atoms with Crippen LogP contribution in [0.4, 0.5) is 0 Å². The Labute approximate surface area is 126 Å². The Bertz CT molecular complexity index is 554. The van der Waals surface area contributed by atoms with Crippen molar-refractivity contribution in [2.45, 2.75) is 39.8 Å². The van der Waals surface area contributed by atoms with E-state index in [0.717, 1.165) is 36.8 Å². The molecule has 0 radical (unpaired) electrons. The van der Waals surface area contributed by atoms with Crippen molar-refractivity contribution in [3.05, 3.63) is 53.6 Å². The van der Waals surface area contributed by atoms with Crippen LogP contribution in [0.2, 0.25) is 0 Å². The second kappa shape index (κ2) is 7.74. The maximum Gasteiger partial charge on any atom is 0.125 e. The monoisotopic (exact) mass is 285 g/mol. The van der Waals surface area contributed by atoms with E-state index in [4.69, 9.17) is 4.74 Å². The van der Waals surface area contributed by atoms with E-state index in [-0.39, 0.29) is 6.04 Å². The molecule has 4 heteroatoms. The summed E-state index contributed by atoms with van der Waals surface area (Å²) in [4.78, 5) is 8.50. The van der Waals surface area contributed by atoms with Gasteiger partial charge in [0.05, 0.1) is 12.3 Å². The number of rotatable bonds is 7. The maximum atomic E-state index is 5.59. The molecule has 1 N–H and O–H groups in total. The SMILES string of the molecule is CCCOc1ccc(C(C)NCc2ccnc(C)n2)cc1. The van der Waals surface area contributed by atoms with E-state index in [9.17, 15) is 0 Å². The molecule has 4 nitrogen and oxygen atoms in total. The molecule has 0 aliphatic carbocycles. The first-order chi connectivity index (χ1) is 10.2. The lowest BCUT2D eigenvalue weighted by Crippen LogP contribution is -2.19. The van der Waals surface area contributed by atoms with Crippen molar-refractivity contribution >= 4 is 0 Å². The van der Waals surface area contributed by atoms with Crippen LogP contribution in [0.1, 0.15) is 43.4 Å². The molecule has 0 fully saturated rings. The Kier molecular flexibility index (Phi) is 5.69. The number of aryl methyl sites for hydroxylation is 1. The van der Waals surface area contributed by atoms with Crippen LogP contribution in [-0.4, -0.2) is 16.6 Å². The van der Waals surface area contributed by atoms with Crippen molar-refractivity contribution in [1.82, 2.24) is 15.3 Å². The van der Waals surface area contributed by atoms with Crippen molar-refractivity contribution in [3.8, 4) is 5.75 Å². The third-order valence-electron chi connectivity index (χ3n) is 3.28. The predicted molar refractivity (Wildman–Crippen MR) is 84.3 cm³/mol. The van der Waals surface area contributed by atoms with E-state index >= 15 is 0 Å². The highest BCUT2D eigenvalue weighted by molar-refractivity contribution is 5.29. The van der Waals surface area contributed by atoms with Crippen LogP contribution in [0.5, 0.6) is 5.75 Å². The van der Waals surface area contributed by atoms with E-state index in [1.54, 1.807) is 6.20 Å². The minimum atomic E-state index is 0.264. The summed E-state index contributed by atoms with van der Waals surface area (Å²) >= 11 is 0. The van der Waals surface area contributed by atoms with Crippen LogP contribution in [0.25, 0.3) is 0 Å². The topological polar surface area (TPSA) is 47.0 Å². The van der Waals surface area contributed by atoms with E-state index in [2.05, 4.69) is 41.3 Å². The molecule has 0 amide bonds. The molecule has 2 rings (SSSR count). The van der Waals surface area contributed by atoms with Gasteiger partial charge in [0.25, 0.3) is 0 Å². The quantitative estimate of drug-likeness (QED) is 0.846. The minimum Gasteiger partial charge on any atom is -0.494 e. The lowest BCUT2D eigenvalue weighted by atomic mass is 10.1. The molecule has 0 saturated heterocycles. The Morgan fingerprint density at radius 2 is 1.95 bits per heavy atom. The lowest BCUT2D eigenvalue weighted by molar-refractivity contribution is 0.317. The molecule has 0 spiro atoms. The zero-order valence-electron chi connectivity index (χ0n) is 13.0. The average molecular weight is 285 g/mol. The van der Waals surface area contributed by atoms with Gasteiger partial charge in [-0.15, -0.1) is 0 Å². The van der Waals surface area contributed by atoms with Gasteiger partial charge in [-0.05, 0) is 44.0 Å². The summed E-state index contributed by atoms with van der Waals surface area (Å²) < 4.78 is 5.59. The highest BCUT2D eigenvalue weighted by atomic mass is 16.5. The molecule has 112 valence electrons. The highest BCUT2D eigenvalue weighted by Gasteiger charge is 2.06. The van der Waals surface area contributed by atoms with Gasteiger partial charge in [0.15, 0.2) is 0 Å². The first-order valence-corrected chi connectivity index (χ1v) is 7.43. The van der Waals surface area contributed by atoms with Crippen LogP contribution in [-0.2, 0) is 6.54 Å². The number of aromatic nitrogens is 2. The molecule has 21 heavy (non-hydrogen) atoms. The minimum absolute atomic E-state index is 0.264. The smallest absolute Gasteiger partial charge is 0.125 e. The first kappa shape index (κ1) is 15.4. The largest absolute Gasteiger partial charge is 0.494 e. The molecule has 1 unspecified atom stereocenters. The molecule has 1 atom stereocenters. The van der Waals surface area contributed by atoms with Gasteiger partial charge in [0.1, 0.15) is 11.6 Å². The second-order valence-electron chi connectivity index (χ2n) is 5.12. The van der Waals surface area contributed by atoms with Gasteiger partial charge < -0.3 is 10.1 Å². The fraction of sp³-hybridized carbons (Fsp3) is 0.412. The van der Waals surface area contributed by atoms with E-state index in [0.29, 0.717) is 0 Å². The molecule has 0 bridgehead atoms. The van der Waals surface area contributed by atoms with Crippen molar-refractivity contribution in [3.63, 3.8) is 0 Å². The van der Waals surface area contributed by atoms with Crippen LogP contribution < -0.4 is 10.1 Å². The number of nitrogens with zero attached hydrogens (tertiary/aromatic N) is 2. The van der Waals surface area contributed by atoms with Crippen molar-refractivity contribution in [1.29, 1.82) is 0 Å². The van der Waals surface area contributed by atoms with Crippen molar-refractivity contribution < 1.29 is 4.74 Å². The molecular weight excluding hydrogens is 262 g/mol. The van der Waals surface area contributed by atoms with E-state index in [1.165, 1.54) is 5.56 Å². The number of hydrogen-bond donors (Lipinski definition) is 1. The molecule has 0 saturated carbocycles. The Balaban J connectivity index is 1.89. The van der Waals surface area contributed by atoms with Gasteiger partial charge in [-0.3, -0.25) is 0 Å². The molecule has 0 aliphatic heterocycles. The molecule has 1 aromatic heterocycles. The number of hydrogen-bond acceptors (Lipinski definition) is 4. The summed E-state index contributed by atoms with van der Waals surface area (Å²) in [6, 6.07) is 10.5.